The van der Waals surface area contributed by atoms with Crippen molar-refractivity contribution in [1.82, 2.24) is 34.9 Å². The van der Waals surface area contributed by atoms with Crippen molar-refractivity contribution < 1.29 is 41.3 Å². The molecule has 4 heterocycles. The maximum absolute atomic E-state index is 14.0. The average molecular weight is 760 g/mol. The van der Waals surface area contributed by atoms with Crippen molar-refractivity contribution in [1.29, 1.82) is 0 Å². The molecule has 0 amide bonds. The van der Waals surface area contributed by atoms with Gasteiger partial charge in [-0.05, 0) is 75.9 Å². The third kappa shape index (κ3) is 7.66. The number of rotatable bonds is 10. The first-order chi connectivity index (χ1) is 26.2. The number of H-pyrrole nitrogens is 1. The number of aromatic amines is 1. The van der Waals surface area contributed by atoms with Crippen molar-refractivity contribution in [3.63, 3.8) is 0 Å². The number of ether oxygens (including phenoxy) is 2. The number of hydrogen-bond donors (Lipinski definition) is 2. The molecule has 2 aliphatic rings. The fourth-order valence-electron chi connectivity index (χ4n) is 7.00. The zero-order valence-corrected chi connectivity index (χ0v) is 30.0. The Morgan fingerprint density at radius 2 is 1.20 bits per heavy atom. The Hall–Kier alpha value is -6.06. The maximum Gasteiger partial charge on any atom is 0.307 e. The van der Waals surface area contributed by atoms with E-state index in [9.17, 15) is 31.9 Å². The van der Waals surface area contributed by atoms with Gasteiger partial charge in [-0.1, -0.05) is 0 Å². The lowest BCUT2D eigenvalue weighted by Crippen LogP contribution is -2.24. The summed E-state index contributed by atoms with van der Waals surface area (Å²) in [5, 5.41) is 9.31. The molecule has 8 rings (SSSR count). The predicted molar refractivity (Wildman–Crippen MR) is 187 cm³/mol. The van der Waals surface area contributed by atoms with Crippen LogP contribution in [0.15, 0.2) is 61.1 Å². The first-order valence-corrected chi connectivity index (χ1v) is 17.2. The van der Waals surface area contributed by atoms with Crippen molar-refractivity contribution in [2.24, 2.45) is 5.92 Å². The van der Waals surface area contributed by atoms with Gasteiger partial charge in [0.15, 0.2) is 17.1 Å². The summed E-state index contributed by atoms with van der Waals surface area (Å²) in [5.74, 6) is -2.54. The molecule has 2 aromatic carbocycles. The topological polar surface area (TPSA) is 149 Å². The highest BCUT2D eigenvalue weighted by Gasteiger charge is 2.61. The van der Waals surface area contributed by atoms with E-state index in [1.165, 1.54) is 24.4 Å². The second-order valence-corrected chi connectivity index (χ2v) is 13.9. The molecule has 4 atom stereocenters. The molecule has 0 spiro atoms. The van der Waals surface area contributed by atoms with Crippen LogP contribution in [0.2, 0.25) is 0 Å². The Bertz CT molecular complexity index is 2410. The summed E-state index contributed by atoms with van der Waals surface area (Å²) in [7, 11) is 0. The van der Waals surface area contributed by atoms with Gasteiger partial charge in [-0.3, -0.25) is 4.79 Å². The van der Waals surface area contributed by atoms with Crippen molar-refractivity contribution >= 4 is 17.1 Å². The van der Waals surface area contributed by atoms with E-state index in [1.807, 2.05) is 6.92 Å². The van der Waals surface area contributed by atoms with E-state index in [-0.39, 0.29) is 31.1 Å². The quantitative estimate of drug-likeness (QED) is 0.139. The van der Waals surface area contributed by atoms with Crippen LogP contribution in [0.5, 0.6) is 11.5 Å². The summed E-state index contributed by atoms with van der Waals surface area (Å²) >= 11 is 0. The van der Waals surface area contributed by atoms with Crippen LogP contribution in [0.25, 0.3) is 11.2 Å². The minimum atomic E-state index is -1.01. The molecule has 6 aromatic rings. The van der Waals surface area contributed by atoms with Crippen LogP contribution < -0.4 is 9.47 Å². The SMILES string of the molecule is Cc1ncc(OC[C@@]2(c3cc(F)cc(F)c3)C[C@H]2C(=O)O)c(C)n1.Cc1ncc(OC[C@@]2(c3cc(F)cc(F)c3)C[C@H]2c2nc3ncc(F)cc3[nH]2)c(C)n1. The van der Waals surface area contributed by atoms with Crippen LogP contribution in [-0.4, -0.2) is 59.2 Å². The number of aliphatic carboxylic acids is 1. The zero-order valence-electron chi connectivity index (χ0n) is 30.0. The molecule has 0 unspecified atom stereocenters. The summed E-state index contributed by atoms with van der Waals surface area (Å²) in [4.78, 5) is 39.6. The summed E-state index contributed by atoms with van der Waals surface area (Å²) < 4.78 is 80.4. The molecule has 0 radical (unpaired) electrons. The van der Waals surface area contributed by atoms with E-state index in [0.29, 0.717) is 63.5 Å². The van der Waals surface area contributed by atoms with Gasteiger partial charge in [0, 0.05) is 34.9 Å². The average Bonchev–Trinajstić information content (AvgIpc) is 4.00. The Balaban J connectivity index is 0.000000175. The van der Waals surface area contributed by atoms with E-state index < -0.39 is 51.8 Å². The number of imidazole rings is 1. The number of aryl methyl sites for hydroxylation is 4. The number of carboxylic acid groups (broad SMARTS) is 1. The van der Waals surface area contributed by atoms with Gasteiger partial charge in [-0.2, -0.15) is 0 Å². The standard InChI is InChI=1S/C22H18F3N5O.C17H16F2N2O3/c1-11-19(9-26-12(2)28-11)31-10-22(13-3-14(23)5-15(24)4-13)7-17(22)20-29-18-6-16(25)8-27-21(18)30-20;1-9-15(7-20-10(2)21-9)24-8-17(6-14(17)16(22)23)11-3-12(18)5-13(19)4-11/h3-6,8-9,17H,7,10H2,1-2H3,(H,27,29,30);3-5,7,14H,6,8H2,1-2H3,(H,22,23)/t17-,22+;14-,17+/m00/s1. The number of carbonyl (C=O) groups is 1. The van der Waals surface area contributed by atoms with Gasteiger partial charge in [0.1, 0.15) is 46.6 Å². The van der Waals surface area contributed by atoms with Crippen LogP contribution in [0, 0.1) is 62.7 Å². The van der Waals surface area contributed by atoms with Crippen molar-refractivity contribution in [2.45, 2.75) is 57.3 Å². The highest BCUT2D eigenvalue weighted by atomic mass is 19.1. The van der Waals surface area contributed by atoms with Gasteiger partial charge >= 0.3 is 5.97 Å². The van der Waals surface area contributed by atoms with Crippen LogP contribution in [0.1, 0.15) is 58.7 Å². The van der Waals surface area contributed by atoms with Gasteiger partial charge in [0.25, 0.3) is 0 Å². The molecule has 2 aliphatic carbocycles. The molecule has 55 heavy (non-hydrogen) atoms. The maximum atomic E-state index is 14.0. The second kappa shape index (κ2) is 14.3. The fraction of sp³-hybridized carbons (Fsp3) is 0.308. The number of nitrogens with one attached hydrogen (secondary N) is 1. The second-order valence-electron chi connectivity index (χ2n) is 13.9. The van der Waals surface area contributed by atoms with Crippen LogP contribution in [-0.2, 0) is 15.6 Å². The minimum absolute atomic E-state index is 0.0138. The highest BCUT2D eigenvalue weighted by molar-refractivity contribution is 5.77. The summed E-state index contributed by atoms with van der Waals surface area (Å²) in [5.41, 5.74) is 1.23. The molecule has 2 saturated carbocycles. The van der Waals surface area contributed by atoms with Crippen LogP contribution >= 0.6 is 0 Å². The molecule has 16 heteroatoms. The fourth-order valence-corrected chi connectivity index (χ4v) is 7.00. The highest BCUT2D eigenvalue weighted by Crippen LogP contribution is 2.60. The lowest BCUT2D eigenvalue weighted by molar-refractivity contribution is -0.139. The molecule has 0 saturated heterocycles. The largest absolute Gasteiger partial charge is 0.489 e. The first-order valence-electron chi connectivity index (χ1n) is 17.2. The molecule has 2 N–H and O–H groups in total. The summed E-state index contributed by atoms with van der Waals surface area (Å²) in [6.45, 7) is 7.22. The van der Waals surface area contributed by atoms with Gasteiger partial charge in [-0.25, -0.2) is 51.9 Å². The molecular weight excluding hydrogens is 725 g/mol. The summed E-state index contributed by atoms with van der Waals surface area (Å²) in [6, 6.07) is 7.85. The Kier molecular flexibility index (Phi) is 9.69. The van der Waals surface area contributed by atoms with Gasteiger partial charge in [-0.15, -0.1) is 0 Å². The number of hydrogen-bond acceptors (Lipinski definition) is 9. The van der Waals surface area contributed by atoms with Crippen molar-refractivity contribution in [2.75, 3.05) is 13.2 Å². The number of benzene rings is 2. The van der Waals surface area contributed by atoms with Gasteiger partial charge < -0.3 is 19.6 Å². The molecule has 0 aliphatic heterocycles. The molecule has 0 bridgehead atoms. The Morgan fingerprint density at radius 3 is 1.69 bits per heavy atom. The van der Waals surface area contributed by atoms with Crippen LogP contribution in [0.3, 0.4) is 0 Å². The van der Waals surface area contributed by atoms with Gasteiger partial charge in [0.2, 0.25) is 0 Å². The smallest absolute Gasteiger partial charge is 0.307 e. The number of halogens is 5. The number of carboxylic acids is 1. The Morgan fingerprint density at radius 1 is 0.691 bits per heavy atom. The van der Waals surface area contributed by atoms with E-state index in [2.05, 4.69) is 34.9 Å². The third-order valence-electron chi connectivity index (χ3n) is 10.1. The van der Waals surface area contributed by atoms with E-state index >= 15 is 0 Å². The van der Waals surface area contributed by atoms with E-state index in [1.54, 1.807) is 27.0 Å². The number of aromatic nitrogens is 7. The monoisotopic (exact) mass is 759 g/mol. The lowest BCUT2D eigenvalue weighted by Gasteiger charge is -2.19. The molecule has 11 nitrogen and oxygen atoms in total. The normalized spacial score (nSPS) is 21.1. The lowest BCUT2D eigenvalue weighted by atomic mass is 9.93. The molecule has 4 aromatic heterocycles. The number of fused-ring (bicyclic) bond motifs is 1. The van der Waals surface area contributed by atoms with Crippen LogP contribution in [0.4, 0.5) is 22.0 Å². The predicted octanol–water partition coefficient (Wildman–Crippen LogP) is 7.08. The number of pyridine rings is 1. The minimum Gasteiger partial charge on any atom is -0.489 e. The van der Waals surface area contributed by atoms with Gasteiger partial charge in [0.05, 0.1) is 54.6 Å². The first kappa shape index (κ1) is 37.3. The third-order valence-corrected chi connectivity index (χ3v) is 10.1. The van der Waals surface area contributed by atoms with Crippen molar-refractivity contribution in [3.8, 4) is 11.5 Å². The molecule has 2 fully saturated rings. The van der Waals surface area contributed by atoms with Crippen molar-refractivity contribution in [3.05, 3.63) is 130 Å². The number of nitrogens with zero attached hydrogens (tertiary/aromatic N) is 6. The zero-order chi connectivity index (χ0) is 39.2. The molecular formula is C39H34F5N7O4. The van der Waals surface area contributed by atoms with E-state index in [0.717, 1.165) is 30.5 Å². The van der Waals surface area contributed by atoms with E-state index in [4.69, 9.17) is 9.47 Å². The summed E-state index contributed by atoms with van der Waals surface area (Å²) in [6.07, 6.45) is 5.00. The molecule has 284 valence electrons. The Labute approximate surface area is 311 Å².